The number of nitrogens with zero attached hydrogens (tertiary/aromatic N) is 3. The highest BCUT2D eigenvalue weighted by Crippen LogP contribution is 2.30. The van der Waals surface area contributed by atoms with E-state index >= 15 is 0 Å². The Hall–Kier alpha value is -3.37. The zero-order valence-corrected chi connectivity index (χ0v) is 14.6. The van der Waals surface area contributed by atoms with Crippen molar-refractivity contribution in [2.75, 3.05) is 24.1 Å². The van der Waals surface area contributed by atoms with Gasteiger partial charge < -0.3 is 27.3 Å². The van der Waals surface area contributed by atoms with Crippen LogP contribution in [-0.2, 0) is 9.59 Å². The fourth-order valence-corrected chi connectivity index (χ4v) is 1.98. The number of esters is 1. The van der Waals surface area contributed by atoms with Crippen molar-refractivity contribution in [3.63, 3.8) is 0 Å². The van der Waals surface area contributed by atoms with E-state index in [2.05, 4.69) is 20.5 Å². The average molecular weight is 371 g/mol. The summed E-state index contributed by atoms with van der Waals surface area (Å²) in [5.41, 5.74) is 17.2. The zero-order chi connectivity index (χ0) is 19.6. The third-order valence-electron chi connectivity index (χ3n) is 3.24. The summed E-state index contributed by atoms with van der Waals surface area (Å²) in [5.74, 6) is -0.0780. The predicted molar refractivity (Wildman–Crippen MR) is 101 cm³/mol. The Morgan fingerprint density at radius 3 is 2.41 bits per heavy atom. The zero-order valence-electron chi connectivity index (χ0n) is 14.6. The van der Waals surface area contributed by atoms with Gasteiger partial charge in [0.05, 0.1) is 6.42 Å². The van der Waals surface area contributed by atoms with Crippen LogP contribution in [0.4, 0.5) is 23.0 Å². The molecule has 0 aliphatic heterocycles. The molecular formula is C17H21N7O3. The molecule has 0 fully saturated rings. The van der Waals surface area contributed by atoms with Crippen molar-refractivity contribution in [1.82, 2.24) is 4.98 Å². The van der Waals surface area contributed by atoms with E-state index in [0.717, 1.165) is 0 Å². The van der Waals surface area contributed by atoms with Gasteiger partial charge in [0.1, 0.15) is 17.2 Å². The van der Waals surface area contributed by atoms with Crippen LogP contribution in [0, 0.1) is 0 Å². The van der Waals surface area contributed by atoms with Crippen molar-refractivity contribution in [1.29, 1.82) is 0 Å². The van der Waals surface area contributed by atoms with E-state index in [9.17, 15) is 9.59 Å². The van der Waals surface area contributed by atoms with Crippen LogP contribution in [0.5, 0.6) is 5.75 Å². The van der Waals surface area contributed by atoms with E-state index in [1.54, 1.807) is 36.4 Å². The second-order valence-electron chi connectivity index (χ2n) is 5.37. The lowest BCUT2D eigenvalue weighted by Crippen LogP contribution is -2.17. The van der Waals surface area contributed by atoms with Crippen molar-refractivity contribution in [2.24, 2.45) is 21.7 Å². The van der Waals surface area contributed by atoms with Crippen LogP contribution in [-0.4, -0.2) is 29.9 Å². The number of anilines is 2. The predicted octanol–water partition coefficient (Wildman–Crippen LogP) is 1.62. The minimum absolute atomic E-state index is 0.0851. The maximum absolute atomic E-state index is 11.6. The molecule has 0 saturated carbocycles. The first-order chi connectivity index (χ1) is 13.0. The number of rotatable bonds is 8. The lowest BCUT2D eigenvalue weighted by molar-refractivity contribution is -0.134. The molecule has 1 heterocycles. The molecule has 0 bridgehead atoms. The SMILES string of the molecule is NCCC(=O)Nc1ccc(/N=N/c2ccccc2OC(=O)CCN)c(N)n1. The van der Waals surface area contributed by atoms with Crippen LogP contribution >= 0.6 is 0 Å². The first-order valence-electron chi connectivity index (χ1n) is 8.21. The fourth-order valence-electron chi connectivity index (χ4n) is 1.98. The molecule has 0 spiro atoms. The van der Waals surface area contributed by atoms with Gasteiger partial charge in [-0.2, -0.15) is 0 Å². The first kappa shape index (κ1) is 19.9. The molecule has 2 aromatic rings. The number of hydrogen-bond acceptors (Lipinski definition) is 9. The molecule has 0 aliphatic carbocycles. The number of nitrogens with one attached hydrogen (secondary N) is 1. The monoisotopic (exact) mass is 371 g/mol. The highest BCUT2D eigenvalue weighted by Gasteiger charge is 2.09. The molecule has 0 radical (unpaired) electrons. The van der Waals surface area contributed by atoms with Crippen molar-refractivity contribution >= 4 is 34.9 Å². The number of amides is 1. The van der Waals surface area contributed by atoms with Crippen molar-refractivity contribution in [3.8, 4) is 5.75 Å². The number of carbonyl (C=O) groups is 2. The highest BCUT2D eigenvalue weighted by atomic mass is 16.5. The van der Waals surface area contributed by atoms with Crippen LogP contribution < -0.4 is 27.3 Å². The Labute approximate surface area is 155 Å². The summed E-state index contributed by atoms with van der Waals surface area (Å²) in [6.45, 7) is 0.432. The number of hydrogen-bond donors (Lipinski definition) is 4. The Morgan fingerprint density at radius 2 is 1.70 bits per heavy atom. The largest absolute Gasteiger partial charge is 0.424 e. The molecule has 0 aliphatic rings. The maximum Gasteiger partial charge on any atom is 0.312 e. The third kappa shape index (κ3) is 6.13. The molecule has 1 aromatic heterocycles. The molecule has 2 rings (SSSR count). The van der Waals surface area contributed by atoms with Gasteiger partial charge in [-0.15, -0.1) is 10.2 Å². The molecule has 7 N–H and O–H groups in total. The smallest absolute Gasteiger partial charge is 0.312 e. The number of nitrogen functional groups attached to an aromatic ring is 1. The van der Waals surface area contributed by atoms with E-state index in [4.69, 9.17) is 21.9 Å². The number of azo groups is 1. The molecule has 0 saturated heterocycles. The van der Waals surface area contributed by atoms with Gasteiger partial charge in [0, 0.05) is 19.5 Å². The quantitative estimate of drug-likeness (QED) is 0.310. The number of para-hydroxylation sites is 1. The summed E-state index contributed by atoms with van der Waals surface area (Å²) in [7, 11) is 0. The van der Waals surface area contributed by atoms with Crippen LogP contribution in [0.2, 0.25) is 0 Å². The Kier molecular flexibility index (Phi) is 7.35. The number of carbonyl (C=O) groups excluding carboxylic acids is 2. The Morgan fingerprint density at radius 1 is 1.00 bits per heavy atom. The summed E-state index contributed by atoms with van der Waals surface area (Å²) in [5, 5.41) is 10.7. The molecule has 10 heteroatoms. The van der Waals surface area contributed by atoms with Gasteiger partial charge in [0.2, 0.25) is 5.91 Å². The summed E-state index contributed by atoms with van der Waals surface area (Å²) in [6.07, 6.45) is 0.280. The number of benzene rings is 1. The van der Waals surface area contributed by atoms with Gasteiger partial charge in [0.15, 0.2) is 11.6 Å². The average Bonchev–Trinajstić information content (AvgIpc) is 2.62. The molecular weight excluding hydrogens is 350 g/mol. The number of pyridine rings is 1. The van der Waals surface area contributed by atoms with Gasteiger partial charge in [-0.3, -0.25) is 9.59 Å². The first-order valence-corrected chi connectivity index (χ1v) is 8.21. The minimum atomic E-state index is -0.459. The van der Waals surface area contributed by atoms with Gasteiger partial charge in [-0.25, -0.2) is 4.98 Å². The van der Waals surface area contributed by atoms with Crippen molar-refractivity contribution in [3.05, 3.63) is 36.4 Å². The van der Waals surface area contributed by atoms with Crippen molar-refractivity contribution < 1.29 is 14.3 Å². The second kappa shape index (κ2) is 9.94. The molecule has 0 atom stereocenters. The topological polar surface area (TPSA) is 171 Å². The van der Waals surface area contributed by atoms with Crippen LogP contribution in [0.15, 0.2) is 46.6 Å². The standard InChI is InChI=1S/C17H21N7O3/c18-9-7-15(25)21-14-6-5-12(17(20)22-14)24-23-11-3-1-2-4-13(11)27-16(26)8-10-19/h1-6H,7-10,18-19H2,(H3,20,21,22,25)/b24-23+. The van der Waals surface area contributed by atoms with Gasteiger partial charge in [-0.05, 0) is 24.3 Å². The van der Waals surface area contributed by atoms with Gasteiger partial charge in [-0.1, -0.05) is 12.1 Å². The second-order valence-corrected chi connectivity index (χ2v) is 5.37. The normalized spacial score (nSPS) is 10.7. The summed E-state index contributed by atoms with van der Waals surface area (Å²) in [6, 6.07) is 9.78. The Balaban J connectivity index is 2.14. The number of aromatic nitrogens is 1. The van der Waals surface area contributed by atoms with E-state index in [-0.39, 0.29) is 43.4 Å². The summed E-state index contributed by atoms with van der Waals surface area (Å²) in [4.78, 5) is 27.2. The lowest BCUT2D eigenvalue weighted by atomic mass is 10.3. The molecule has 142 valence electrons. The van der Waals surface area contributed by atoms with Crippen LogP contribution in [0.25, 0.3) is 0 Å². The number of nitrogens with two attached hydrogens (primary N) is 3. The molecule has 27 heavy (non-hydrogen) atoms. The maximum atomic E-state index is 11.6. The summed E-state index contributed by atoms with van der Waals surface area (Å²) < 4.78 is 5.21. The minimum Gasteiger partial charge on any atom is -0.424 e. The molecule has 0 unspecified atom stereocenters. The van der Waals surface area contributed by atoms with Gasteiger partial charge >= 0.3 is 5.97 Å². The lowest BCUT2D eigenvalue weighted by Gasteiger charge is -2.07. The Bertz CT molecular complexity index is 839. The van der Waals surface area contributed by atoms with Crippen molar-refractivity contribution in [2.45, 2.75) is 12.8 Å². The molecule has 10 nitrogen and oxygen atoms in total. The number of ether oxygens (including phenoxy) is 1. The van der Waals surface area contributed by atoms with E-state index < -0.39 is 5.97 Å². The molecule has 1 amide bonds. The fraction of sp³-hybridized carbons (Fsp3) is 0.235. The summed E-state index contributed by atoms with van der Waals surface area (Å²) >= 11 is 0. The van der Waals surface area contributed by atoms with E-state index in [1.807, 2.05) is 0 Å². The van der Waals surface area contributed by atoms with E-state index in [0.29, 0.717) is 17.2 Å². The van der Waals surface area contributed by atoms with E-state index in [1.165, 1.54) is 0 Å². The third-order valence-corrected chi connectivity index (χ3v) is 3.24. The van der Waals surface area contributed by atoms with Crippen LogP contribution in [0.1, 0.15) is 12.8 Å². The highest BCUT2D eigenvalue weighted by molar-refractivity contribution is 5.90. The molecule has 1 aromatic carbocycles. The van der Waals surface area contributed by atoms with Gasteiger partial charge in [0.25, 0.3) is 0 Å². The van der Waals surface area contributed by atoms with Crippen LogP contribution in [0.3, 0.4) is 0 Å².